The summed E-state index contributed by atoms with van der Waals surface area (Å²) in [6.45, 7) is 7.32. The van der Waals surface area contributed by atoms with Crippen LogP contribution in [-0.2, 0) is 32.6 Å². The van der Waals surface area contributed by atoms with Crippen LogP contribution in [0.4, 0.5) is 5.69 Å². The minimum atomic E-state index is -3.80. The molecule has 0 bridgehead atoms. The highest BCUT2D eigenvalue weighted by atomic mass is 79.9. The summed E-state index contributed by atoms with van der Waals surface area (Å²) < 4.78 is 27.5. The topological polar surface area (TPSA) is 86.8 Å². The molecule has 0 saturated carbocycles. The smallest absolute Gasteiger partial charge is 0.244 e. The number of carbonyl (C=O) groups is 2. The summed E-state index contributed by atoms with van der Waals surface area (Å²) in [4.78, 5) is 29.3. The number of nitrogens with one attached hydrogen (secondary N) is 1. The zero-order valence-corrected chi connectivity index (χ0v) is 25.4. The number of hydrogen-bond acceptors (Lipinski definition) is 4. The van der Waals surface area contributed by atoms with Crippen molar-refractivity contribution in [2.75, 3.05) is 17.1 Å². The first-order chi connectivity index (χ1) is 18.2. The van der Waals surface area contributed by atoms with Crippen LogP contribution < -0.4 is 9.62 Å². The van der Waals surface area contributed by atoms with E-state index >= 15 is 0 Å². The molecule has 1 atom stereocenters. The molecule has 3 aromatic carbocycles. The fourth-order valence-corrected chi connectivity index (χ4v) is 5.35. The molecule has 1 N–H and O–H groups in total. The number of sulfonamides is 1. The van der Waals surface area contributed by atoms with E-state index in [2.05, 4.69) is 21.2 Å². The summed E-state index contributed by atoms with van der Waals surface area (Å²) in [5, 5.41) is 3.02. The number of amides is 2. The van der Waals surface area contributed by atoms with E-state index in [9.17, 15) is 18.0 Å². The lowest BCUT2D eigenvalue weighted by molar-refractivity contribution is -0.140. The van der Waals surface area contributed by atoms with E-state index in [4.69, 9.17) is 0 Å². The van der Waals surface area contributed by atoms with Gasteiger partial charge < -0.3 is 10.2 Å². The summed E-state index contributed by atoms with van der Waals surface area (Å²) in [6.07, 6.45) is 1.35. The SMILES string of the molecule is Cc1cccc(CN(C(=O)CN(c2ccc(Br)cc2)S(C)(=O)=O)[C@@H](Cc2ccccc2)C(=O)NC(C)(C)C)c1. The van der Waals surface area contributed by atoms with Gasteiger partial charge in [0.15, 0.2) is 0 Å². The molecule has 0 unspecified atom stereocenters. The number of rotatable bonds is 10. The van der Waals surface area contributed by atoms with Crippen molar-refractivity contribution in [1.29, 1.82) is 0 Å². The summed E-state index contributed by atoms with van der Waals surface area (Å²) in [6, 6.07) is 23.1. The maximum Gasteiger partial charge on any atom is 0.244 e. The van der Waals surface area contributed by atoms with Crippen LogP contribution in [0.3, 0.4) is 0 Å². The normalized spacial score (nSPS) is 12.5. The van der Waals surface area contributed by atoms with E-state index in [1.165, 1.54) is 4.90 Å². The molecule has 7 nitrogen and oxygen atoms in total. The molecule has 0 fully saturated rings. The lowest BCUT2D eigenvalue weighted by Gasteiger charge is -2.35. The maximum atomic E-state index is 14.1. The lowest BCUT2D eigenvalue weighted by atomic mass is 10.0. The highest BCUT2D eigenvalue weighted by Gasteiger charge is 2.34. The molecule has 0 radical (unpaired) electrons. The maximum absolute atomic E-state index is 14.1. The predicted octanol–water partition coefficient (Wildman–Crippen LogP) is 5.08. The van der Waals surface area contributed by atoms with Gasteiger partial charge in [-0.25, -0.2) is 8.42 Å². The van der Waals surface area contributed by atoms with E-state index < -0.39 is 34.1 Å². The molecule has 208 valence electrons. The Labute approximate surface area is 240 Å². The van der Waals surface area contributed by atoms with E-state index in [1.807, 2.05) is 82.3 Å². The van der Waals surface area contributed by atoms with E-state index in [-0.39, 0.29) is 18.9 Å². The van der Waals surface area contributed by atoms with Gasteiger partial charge in [0.05, 0.1) is 11.9 Å². The highest BCUT2D eigenvalue weighted by molar-refractivity contribution is 9.10. The van der Waals surface area contributed by atoms with E-state index in [0.29, 0.717) is 5.69 Å². The van der Waals surface area contributed by atoms with Gasteiger partial charge in [0.2, 0.25) is 21.8 Å². The van der Waals surface area contributed by atoms with E-state index in [1.54, 1.807) is 24.3 Å². The van der Waals surface area contributed by atoms with Crippen molar-refractivity contribution in [3.05, 3.63) is 100 Å². The number of hydrogen-bond donors (Lipinski definition) is 1. The molecule has 0 aromatic heterocycles. The van der Waals surface area contributed by atoms with Gasteiger partial charge in [-0.2, -0.15) is 0 Å². The number of nitrogens with zero attached hydrogens (tertiary/aromatic N) is 2. The Morgan fingerprint density at radius 3 is 2.10 bits per heavy atom. The van der Waals surface area contributed by atoms with Crippen molar-refractivity contribution in [2.45, 2.75) is 52.2 Å². The Morgan fingerprint density at radius 2 is 1.54 bits per heavy atom. The standard InChI is InChI=1S/C30H36BrN3O4S/c1-22-10-9-13-24(18-22)20-33(27(29(36)32-30(2,3)4)19-23-11-7-6-8-12-23)28(35)21-34(39(5,37)38)26-16-14-25(31)15-17-26/h6-18,27H,19-21H2,1-5H3,(H,32,36)/t27-/m0/s1. The fourth-order valence-electron chi connectivity index (χ4n) is 4.24. The van der Waals surface area contributed by atoms with Crippen LogP contribution in [-0.4, -0.2) is 49.5 Å². The van der Waals surface area contributed by atoms with Crippen molar-refractivity contribution >= 4 is 43.5 Å². The predicted molar refractivity (Wildman–Crippen MR) is 160 cm³/mol. The summed E-state index contributed by atoms with van der Waals surface area (Å²) in [7, 11) is -3.80. The molecule has 0 aliphatic heterocycles. The number of carbonyl (C=O) groups excluding carboxylic acids is 2. The first-order valence-electron chi connectivity index (χ1n) is 12.7. The second-order valence-corrected chi connectivity index (χ2v) is 13.5. The molecule has 0 spiro atoms. The quantitative estimate of drug-likeness (QED) is 0.345. The van der Waals surface area contributed by atoms with Gasteiger partial charge in [0.25, 0.3) is 0 Å². The van der Waals surface area contributed by atoms with Crippen molar-refractivity contribution < 1.29 is 18.0 Å². The van der Waals surface area contributed by atoms with Crippen LogP contribution in [0.2, 0.25) is 0 Å². The highest BCUT2D eigenvalue weighted by Crippen LogP contribution is 2.23. The molecule has 3 rings (SSSR count). The van der Waals surface area contributed by atoms with Gasteiger partial charge >= 0.3 is 0 Å². The van der Waals surface area contributed by atoms with Gasteiger partial charge in [-0.05, 0) is 63.1 Å². The Hall–Kier alpha value is -3.17. The molecule has 0 aliphatic rings. The number of anilines is 1. The van der Waals surface area contributed by atoms with Crippen LogP contribution >= 0.6 is 15.9 Å². The molecular formula is C30H36BrN3O4S. The first-order valence-corrected chi connectivity index (χ1v) is 15.3. The van der Waals surface area contributed by atoms with Crippen LogP contribution in [0.15, 0.2) is 83.3 Å². The second kappa shape index (κ2) is 12.8. The van der Waals surface area contributed by atoms with Gasteiger partial charge in [-0.1, -0.05) is 76.1 Å². The van der Waals surface area contributed by atoms with Crippen LogP contribution in [0.5, 0.6) is 0 Å². The third-order valence-electron chi connectivity index (χ3n) is 6.00. The number of aryl methyl sites for hydroxylation is 1. The molecule has 0 heterocycles. The van der Waals surface area contributed by atoms with Crippen molar-refractivity contribution in [3.8, 4) is 0 Å². The van der Waals surface area contributed by atoms with Crippen molar-refractivity contribution in [2.24, 2.45) is 0 Å². The van der Waals surface area contributed by atoms with Gasteiger partial charge in [0.1, 0.15) is 12.6 Å². The molecule has 39 heavy (non-hydrogen) atoms. The van der Waals surface area contributed by atoms with Gasteiger partial charge in [-0.15, -0.1) is 0 Å². The minimum Gasteiger partial charge on any atom is -0.350 e. The lowest BCUT2D eigenvalue weighted by Crippen LogP contribution is -2.56. The van der Waals surface area contributed by atoms with Crippen LogP contribution in [0.25, 0.3) is 0 Å². The Kier molecular flexibility index (Phi) is 9.96. The monoisotopic (exact) mass is 613 g/mol. The van der Waals surface area contributed by atoms with Crippen LogP contribution in [0, 0.1) is 6.92 Å². The summed E-state index contributed by atoms with van der Waals surface area (Å²) in [5.74, 6) is -0.781. The number of benzene rings is 3. The largest absolute Gasteiger partial charge is 0.350 e. The number of halogens is 1. The summed E-state index contributed by atoms with van der Waals surface area (Å²) >= 11 is 3.36. The average Bonchev–Trinajstić information content (AvgIpc) is 2.84. The Balaban J connectivity index is 2.07. The van der Waals surface area contributed by atoms with E-state index in [0.717, 1.165) is 31.7 Å². The Morgan fingerprint density at radius 1 is 0.923 bits per heavy atom. The molecule has 9 heteroatoms. The molecular weight excluding hydrogens is 578 g/mol. The van der Waals surface area contributed by atoms with Crippen molar-refractivity contribution in [3.63, 3.8) is 0 Å². The fraction of sp³-hybridized carbons (Fsp3) is 0.333. The first kappa shape index (κ1) is 30.4. The third-order valence-corrected chi connectivity index (χ3v) is 7.67. The third kappa shape index (κ3) is 9.21. The van der Waals surface area contributed by atoms with Crippen LogP contribution in [0.1, 0.15) is 37.5 Å². The molecule has 3 aromatic rings. The summed E-state index contributed by atoms with van der Waals surface area (Å²) in [5.41, 5.74) is 2.59. The van der Waals surface area contributed by atoms with Gasteiger partial charge in [0, 0.05) is 23.0 Å². The molecule has 0 aliphatic carbocycles. The zero-order valence-electron chi connectivity index (χ0n) is 23.0. The average molecular weight is 615 g/mol. The zero-order chi connectivity index (χ0) is 28.8. The second-order valence-electron chi connectivity index (χ2n) is 10.7. The minimum absolute atomic E-state index is 0.146. The molecule has 0 saturated heterocycles. The Bertz CT molecular complexity index is 1390. The van der Waals surface area contributed by atoms with Gasteiger partial charge in [-0.3, -0.25) is 13.9 Å². The molecule has 2 amide bonds. The van der Waals surface area contributed by atoms with Crippen molar-refractivity contribution in [1.82, 2.24) is 10.2 Å².